The second kappa shape index (κ2) is 7.24. The van der Waals surface area contributed by atoms with Crippen LogP contribution in [0.5, 0.6) is 5.75 Å². The number of fused-ring (bicyclic) bond motifs is 1. The van der Waals surface area contributed by atoms with Crippen LogP contribution in [0.1, 0.15) is 36.6 Å². The number of carbonyl (C=O) groups excluding carboxylic acids is 1. The summed E-state index contributed by atoms with van der Waals surface area (Å²) in [6.07, 6.45) is 1.96. The standard InChI is InChI=1S/C22H26N2O2/c1-6-26-19-7-8-20-18(13-19)9-10-24(20)17(5)22(25)23-21-15(3)11-14(2)12-16(21)4/h7-13,17H,6H2,1-5H3,(H,23,25). The fourth-order valence-electron chi connectivity index (χ4n) is 3.47. The summed E-state index contributed by atoms with van der Waals surface area (Å²) in [6.45, 7) is 10.7. The minimum Gasteiger partial charge on any atom is -0.494 e. The van der Waals surface area contributed by atoms with Gasteiger partial charge in [-0.15, -0.1) is 0 Å². The first-order valence-electron chi connectivity index (χ1n) is 9.02. The Bertz CT molecular complexity index is 933. The van der Waals surface area contributed by atoms with E-state index in [0.29, 0.717) is 6.61 Å². The van der Waals surface area contributed by atoms with Gasteiger partial charge in [0.05, 0.1) is 6.61 Å². The van der Waals surface area contributed by atoms with Crippen molar-refractivity contribution in [2.24, 2.45) is 0 Å². The fraction of sp³-hybridized carbons (Fsp3) is 0.318. The van der Waals surface area contributed by atoms with Crippen molar-refractivity contribution in [3.63, 3.8) is 0 Å². The van der Waals surface area contributed by atoms with Crippen molar-refractivity contribution in [1.29, 1.82) is 0 Å². The van der Waals surface area contributed by atoms with Crippen molar-refractivity contribution < 1.29 is 9.53 Å². The van der Waals surface area contributed by atoms with E-state index in [1.165, 1.54) is 5.56 Å². The van der Waals surface area contributed by atoms with Crippen molar-refractivity contribution in [2.45, 2.75) is 40.7 Å². The predicted molar refractivity (Wildman–Crippen MR) is 107 cm³/mol. The van der Waals surface area contributed by atoms with Crippen molar-refractivity contribution in [2.75, 3.05) is 11.9 Å². The molecule has 0 bridgehead atoms. The number of ether oxygens (including phenoxy) is 1. The molecule has 0 saturated carbocycles. The molecular weight excluding hydrogens is 324 g/mol. The molecule has 0 radical (unpaired) electrons. The van der Waals surface area contributed by atoms with Crippen LogP contribution >= 0.6 is 0 Å². The van der Waals surface area contributed by atoms with Crippen molar-refractivity contribution in [1.82, 2.24) is 4.57 Å². The number of aryl methyl sites for hydroxylation is 3. The molecule has 0 spiro atoms. The highest BCUT2D eigenvalue weighted by Gasteiger charge is 2.18. The number of nitrogens with one attached hydrogen (secondary N) is 1. The van der Waals surface area contributed by atoms with Gasteiger partial charge >= 0.3 is 0 Å². The first kappa shape index (κ1) is 18.1. The molecule has 1 aromatic heterocycles. The summed E-state index contributed by atoms with van der Waals surface area (Å²) in [7, 11) is 0. The molecule has 1 unspecified atom stereocenters. The number of benzene rings is 2. The lowest BCUT2D eigenvalue weighted by Crippen LogP contribution is -2.24. The fourth-order valence-corrected chi connectivity index (χ4v) is 3.47. The second-order valence-corrected chi connectivity index (χ2v) is 6.82. The third-order valence-corrected chi connectivity index (χ3v) is 4.72. The summed E-state index contributed by atoms with van der Waals surface area (Å²) in [5.41, 5.74) is 5.30. The van der Waals surface area contributed by atoms with Gasteiger partial charge in [-0.1, -0.05) is 17.7 Å². The third kappa shape index (κ3) is 3.45. The lowest BCUT2D eigenvalue weighted by Gasteiger charge is -2.18. The number of rotatable bonds is 5. The molecule has 0 saturated heterocycles. The lowest BCUT2D eigenvalue weighted by atomic mass is 10.0. The molecule has 26 heavy (non-hydrogen) atoms. The quantitative estimate of drug-likeness (QED) is 0.690. The largest absolute Gasteiger partial charge is 0.494 e. The molecule has 136 valence electrons. The average Bonchev–Trinajstić information content (AvgIpc) is 3.00. The summed E-state index contributed by atoms with van der Waals surface area (Å²) < 4.78 is 7.56. The van der Waals surface area contributed by atoms with Gasteiger partial charge in [0.2, 0.25) is 5.91 Å². The van der Waals surface area contributed by atoms with Crippen LogP contribution in [0.25, 0.3) is 10.9 Å². The van der Waals surface area contributed by atoms with E-state index in [0.717, 1.165) is 33.5 Å². The lowest BCUT2D eigenvalue weighted by molar-refractivity contribution is -0.118. The smallest absolute Gasteiger partial charge is 0.247 e. The summed E-state index contributed by atoms with van der Waals surface area (Å²) >= 11 is 0. The van der Waals surface area contributed by atoms with E-state index in [-0.39, 0.29) is 11.9 Å². The average molecular weight is 350 g/mol. The number of hydrogen-bond acceptors (Lipinski definition) is 2. The summed E-state index contributed by atoms with van der Waals surface area (Å²) in [4.78, 5) is 12.9. The van der Waals surface area contributed by atoms with E-state index in [9.17, 15) is 4.79 Å². The van der Waals surface area contributed by atoms with Gasteiger partial charge in [0, 0.05) is 22.8 Å². The van der Waals surface area contributed by atoms with Crippen LogP contribution in [0, 0.1) is 20.8 Å². The van der Waals surface area contributed by atoms with Crippen LogP contribution in [0.3, 0.4) is 0 Å². The highest BCUT2D eigenvalue weighted by atomic mass is 16.5. The van der Waals surface area contributed by atoms with Gasteiger partial charge < -0.3 is 14.6 Å². The Morgan fingerprint density at radius 2 is 1.81 bits per heavy atom. The zero-order chi connectivity index (χ0) is 18.8. The number of hydrogen-bond donors (Lipinski definition) is 1. The first-order valence-corrected chi connectivity index (χ1v) is 9.02. The maximum Gasteiger partial charge on any atom is 0.247 e. The van der Waals surface area contributed by atoms with Gasteiger partial charge in [-0.25, -0.2) is 0 Å². The Kier molecular flexibility index (Phi) is 5.03. The maximum absolute atomic E-state index is 12.9. The van der Waals surface area contributed by atoms with Crippen molar-refractivity contribution >= 4 is 22.5 Å². The zero-order valence-corrected chi connectivity index (χ0v) is 16.1. The van der Waals surface area contributed by atoms with E-state index in [2.05, 4.69) is 24.4 Å². The molecule has 2 aromatic carbocycles. The van der Waals surface area contributed by atoms with Crippen LogP contribution in [-0.4, -0.2) is 17.1 Å². The minimum absolute atomic E-state index is 0.0218. The van der Waals surface area contributed by atoms with Crippen LogP contribution in [-0.2, 0) is 4.79 Å². The molecule has 3 rings (SSSR count). The zero-order valence-electron chi connectivity index (χ0n) is 16.1. The summed E-state index contributed by atoms with van der Waals surface area (Å²) in [5, 5.41) is 4.17. The molecular formula is C22H26N2O2. The van der Waals surface area contributed by atoms with Crippen molar-refractivity contribution in [3.05, 3.63) is 59.3 Å². The number of anilines is 1. The molecule has 0 fully saturated rings. The van der Waals surface area contributed by atoms with Crippen LogP contribution in [0.4, 0.5) is 5.69 Å². The Labute approximate surface area is 154 Å². The SMILES string of the molecule is CCOc1ccc2c(ccn2C(C)C(=O)Nc2c(C)cc(C)cc2C)c1. The molecule has 0 aliphatic heterocycles. The molecule has 0 aliphatic rings. The van der Waals surface area contributed by atoms with Gasteiger partial charge in [-0.3, -0.25) is 4.79 Å². The number of carbonyl (C=O) groups is 1. The molecule has 1 amide bonds. The van der Waals surface area contributed by atoms with E-state index in [1.807, 2.05) is 62.7 Å². The Morgan fingerprint density at radius 3 is 2.46 bits per heavy atom. The van der Waals surface area contributed by atoms with Gasteiger partial charge in [-0.2, -0.15) is 0 Å². The van der Waals surface area contributed by atoms with Gasteiger partial charge in [0.15, 0.2) is 0 Å². The van der Waals surface area contributed by atoms with E-state index in [1.54, 1.807) is 0 Å². The normalized spacial score (nSPS) is 12.2. The van der Waals surface area contributed by atoms with Crippen LogP contribution in [0.2, 0.25) is 0 Å². The molecule has 1 N–H and O–H groups in total. The van der Waals surface area contributed by atoms with E-state index >= 15 is 0 Å². The Hall–Kier alpha value is -2.75. The predicted octanol–water partition coefficient (Wildman–Crippen LogP) is 5.16. The van der Waals surface area contributed by atoms with Crippen molar-refractivity contribution in [3.8, 4) is 5.75 Å². The van der Waals surface area contributed by atoms with Gasteiger partial charge in [-0.05, 0) is 70.0 Å². The van der Waals surface area contributed by atoms with E-state index in [4.69, 9.17) is 4.74 Å². The first-order chi connectivity index (χ1) is 12.4. The molecule has 0 aliphatic carbocycles. The van der Waals surface area contributed by atoms with Gasteiger partial charge in [0.1, 0.15) is 11.8 Å². The highest BCUT2D eigenvalue weighted by molar-refractivity contribution is 5.96. The third-order valence-electron chi connectivity index (χ3n) is 4.72. The maximum atomic E-state index is 12.9. The number of aromatic nitrogens is 1. The van der Waals surface area contributed by atoms with Crippen LogP contribution in [0.15, 0.2) is 42.6 Å². The molecule has 4 heteroatoms. The Balaban J connectivity index is 1.86. The summed E-state index contributed by atoms with van der Waals surface area (Å²) in [6, 6.07) is 11.8. The molecule has 1 atom stereocenters. The van der Waals surface area contributed by atoms with E-state index < -0.39 is 0 Å². The number of amides is 1. The highest BCUT2D eigenvalue weighted by Crippen LogP contribution is 2.27. The monoisotopic (exact) mass is 350 g/mol. The second-order valence-electron chi connectivity index (χ2n) is 6.82. The molecule has 1 heterocycles. The molecule has 3 aromatic rings. The van der Waals surface area contributed by atoms with Gasteiger partial charge in [0.25, 0.3) is 0 Å². The molecule has 4 nitrogen and oxygen atoms in total. The van der Waals surface area contributed by atoms with Crippen LogP contribution < -0.4 is 10.1 Å². The minimum atomic E-state index is -0.314. The topological polar surface area (TPSA) is 43.3 Å². The number of nitrogens with zero attached hydrogens (tertiary/aromatic N) is 1. The Morgan fingerprint density at radius 1 is 1.12 bits per heavy atom. The summed E-state index contributed by atoms with van der Waals surface area (Å²) in [5.74, 6) is 0.826.